The molecule has 0 aliphatic heterocycles. The van der Waals surface area contributed by atoms with Crippen LogP contribution < -0.4 is 0 Å². The fourth-order valence-corrected chi connectivity index (χ4v) is 1.51. The fraction of sp³-hybridized carbons (Fsp3) is 0.333. The molecule has 2 rings (SSSR count). The van der Waals surface area contributed by atoms with Crippen molar-refractivity contribution in [3.8, 4) is 5.69 Å². The molecule has 15 heavy (non-hydrogen) atoms. The Labute approximate surface area is 92.2 Å². The van der Waals surface area contributed by atoms with Crippen molar-refractivity contribution in [1.29, 1.82) is 0 Å². The third kappa shape index (κ3) is 1.83. The Bertz CT molecular complexity index is 462. The van der Waals surface area contributed by atoms with E-state index in [1.165, 1.54) is 0 Å². The molecule has 0 aliphatic carbocycles. The fourth-order valence-electron chi connectivity index (χ4n) is 1.28. The first-order chi connectivity index (χ1) is 7.22. The van der Waals surface area contributed by atoms with Gasteiger partial charge in [-0.15, -0.1) is 10.2 Å². The highest BCUT2D eigenvalue weighted by Crippen LogP contribution is 2.15. The minimum absolute atomic E-state index is 0.333. The van der Waals surface area contributed by atoms with Gasteiger partial charge in [0.25, 0.3) is 0 Å². The van der Waals surface area contributed by atoms with Crippen molar-refractivity contribution in [1.82, 2.24) is 24.7 Å². The summed E-state index contributed by atoms with van der Waals surface area (Å²) in [6.45, 7) is 3.82. The van der Waals surface area contributed by atoms with E-state index in [9.17, 15) is 0 Å². The molecule has 0 unspecified atom stereocenters. The predicted octanol–water partition coefficient (Wildman–Crippen LogP) is 1.58. The van der Waals surface area contributed by atoms with Crippen LogP contribution >= 0.6 is 11.6 Å². The van der Waals surface area contributed by atoms with Crippen LogP contribution in [0, 0.1) is 6.92 Å². The maximum absolute atomic E-state index is 5.93. The van der Waals surface area contributed by atoms with E-state index in [1.54, 1.807) is 17.0 Å². The summed E-state index contributed by atoms with van der Waals surface area (Å²) < 4.78 is 1.74. The van der Waals surface area contributed by atoms with Crippen LogP contribution in [0.4, 0.5) is 0 Å². The first-order valence-corrected chi connectivity index (χ1v) is 4.99. The Morgan fingerprint density at radius 2 is 1.93 bits per heavy atom. The number of nitrogens with zero attached hydrogens (tertiary/aromatic N) is 5. The molecule has 0 radical (unpaired) electrons. The standard InChI is InChI=1S/C9H10ClN5/c1-3-8-13-14-9(10)15(8)7-4-11-6(2)12-5-7/h4-5H,3H2,1-2H3. The lowest BCUT2D eigenvalue weighted by molar-refractivity contribution is 0.868. The van der Waals surface area contributed by atoms with E-state index in [4.69, 9.17) is 11.6 Å². The molecule has 0 saturated heterocycles. The van der Waals surface area contributed by atoms with Crippen LogP contribution in [-0.2, 0) is 6.42 Å². The summed E-state index contributed by atoms with van der Waals surface area (Å²) in [6, 6.07) is 0. The zero-order chi connectivity index (χ0) is 10.8. The van der Waals surface area contributed by atoms with Crippen molar-refractivity contribution >= 4 is 11.6 Å². The van der Waals surface area contributed by atoms with Crippen LogP contribution in [0.5, 0.6) is 0 Å². The third-order valence-corrected chi connectivity index (χ3v) is 2.28. The molecule has 0 atom stereocenters. The molecule has 0 saturated carbocycles. The number of hydrogen-bond acceptors (Lipinski definition) is 4. The molecule has 0 amide bonds. The van der Waals surface area contributed by atoms with Crippen molar-refractivity contribution in [3.63, 3.8) is 0 Å². The summed E-state index contributed by atoms with van der Waals surface area (Å²) in [5, 5.41) is 8.10. The van der Waals surface area contributed by atoms with E-state index in [2.05, 4.69) is 20.2 Å². The van der Waals surface area contributed by atoms with Crippen LogP contribution in [0.1, 0.15) is 18.6 Å². The molecule has 0 aromatic carbocycles. The van der Waals surface area contributed by atoms with Gasteiger partial charge >= 0.3 is 0 Å². The normalized spacial score (nSPS) is 10.6. The first-order valence-electron chi connectivity index (χ1n) is 4.61. The second kappa shape index (κ2) is 3.94. The summed E-state index contributed by atoms with van der Waals surface area (Å²) in [5.74, 6) is 1.52. The maximum atomic E-state index is 5.93. The minimum Gasteiger partial charge on any atom is -0.267 e. The van der Waals surface area contributed by atoms with Gasteiger partial charge in [-0.25, -0.2) is 9.97 Å². The quantitative estimate of drug-likeness (QED) is 0.776. The van der Waals surface area contributed by atoms with E-state index in [1.807, 2.05) is 13.8 Å². The molecule has 0 N–H and O–H groups in total. The Kier molecular flexibility index (Phi) is 2.64. The summed E-state index contributed by atoms with van der Waals surface area (Å²) in [5.41, 5.74) is 0.785. The highest BCUT2D eigenvalue weighted by atomic mass is 35.5. The van der Waals surface area contributed by atoms with Gasteiger partial charge in [0.2, 0.25) is 5.28 Å². The molecule has 0 bridgehead atoms. The smallest absolute Gasteiger partial charge is 0.229 e. The average Bonchev–Trinajstić information content (AvgIpc) is 2.61. The lowest BCUT2D eigenvalue weighted by Crippen LogP contribution is -2.02. The van der Waals surface area contributed by atoms with E-state index in [0.29, 0.717) is 5.28 Å². The second-order valence-electron chi connectivity index (χ2n) is 3.06. The highest BCUT2D eigenvalue weighted by molar-refractivity contribution is 6.28. The monoisotopic (exact) mass is 223 g/mol. The SMILES string of the molecule is CCc1nnc(Cl)n1-c1cnc(C)nc1. The average molecular weight is 224 g/mol. The van der Waals surface area contributed by atoms with Crippen molar-refractivity contribution in [2.75, 3.05) is 0 Å². The number of aryl methyl sites for hydroxylation is 2. The zero-order valence-electron chi connectivity index (χ0n) is 8.48. The predicted molar refractivity (Wildman–Crippen MR) is 56.1 cm³/mol. The zero-order valence-corrected chi connectivity index (χ0v) is 9.23. The molecule has 2 heterocycles. The molecule has 5 nitrogen and oxygen atoms in total. The van der Waals surface area contributed by atoms with Crippen LogP contribution in [0.3, 0.4) is 0 Å². The van der Waals surface area contributed by atoms with Crippen molar-refractivity contribution < 1.29 is 0 Å². The van der Waals surface area contributed by atoms with Crippen LogP contribution in [0.25, 0.3) is 5.69 Å². The van der Waals surface area contributed by atoms with Crippen molar-refractivity contribution in [2.45, 2.75) is 20.3 Å². The van der Waals surface area contributed by atoms with E-state index in [-0.39, 0.29) is 0 Å². The Balaban J connectivity index is 2.52. The molecule has 0 spiro atoms. The van der Waals surface area contributed by atoms with Gasteiger partial charge in [-0.3, -0.25) is 4.57 Å². The molecule has 2 aromatic heterocycles. The lowest BCUT2D eigenvalue weighted by atomic mass is 10.4. The van der Waals surface area contributed by atoms with Crippen molar-refractivity contribution in [3.05, 3.63) is 29.3 Å². The van der Waals surface area contributed by atoms with Gasteiger partial charge in [0.05, 0.1) is 18.1 Å². The van der Waals surface area contributed by atoms with E-state index >= 15 is 0 Å². The van der Waals surface area contributed by atoms with Gasteiger partial charge in [0.15, 0.2) is 0 Å². The Morgan fingerprint density at radius 3 is 2.53 bits per heavy atom. The Morgan fingerprint density at radius 1 is 1.27 bits per heavy atom. The molecule has 2 aromatic rings. The highest BCUT2D eigenvalue weighted by Gasteiger charge is 2.10. The number of aromatic nitrogens is 5. The second-order valence-corrected chi connectivity index (χ2v) is 3.40. The molecule has 0 aliphatic rings. The molecular formula is C9H10ClN5. The van der Waals surface area contributed by atoms with Crippen LogP contribution in [0.2, 0.25) is 5.28 Å². The van der Waals surface area contributed by atoms with Gasteiger partial charge in [-0.2, -0.15) is 0 Å². The van der Waals surface area contributed by atoms with Crippen LogP contribution in [-0.4, -0.2) is 24.7 Å². The summed E-state index contributed by atoms with van der Waals surface area (Å²) in [7, 11) is 0. The van der Waals surface area contributed by atoms with Crippen molar-refractivity contribution in [2.24, 2.45) is 0 Å². The van der Waals surface area contributed by atoms with Gasteiger partial charge in [-0.05, 0) is 18.5 Å². The topological polar surface area (TPSA) is 56.5 Å². The van der Waals surface area contributed by atoms with Gasteiger partial charge < -0.3 is 0 Å². The van der Waals surface area contributed by atoms with Crippen LogP contribution in [0.15, 0.2) is 12.4 Å². The van der Waals surface area contributed by atoms with Gasteiger partial charge in [0, 0.05) is 6.42 Å². The molecular weight excluding hydrogens is 214 g/mol. The number of hydrogen-bond donors (Lipinski definition) is 0. The van der Waals surface area contributed by atoms with E-state index in [0.717, 1.165) is 23.8 Å². The first kappa shape index (κ1) is 10.0. The lowest BCUT2D eigenvalue weighted by Gasteiger charge is -2.04. The largest absolute Gasteiger partial charge is 0.267 e. The minimum atomic E-state index is 0.333. The van der Waals surface area contributed by atoms with E-state index < -0.39 is 0 Å². The molecule has 6 heteroatoms. The summed E-state index contributed by atoms with van der Waals surface area (Å²) >= 11 is 5.93. The van der Waals surface area contributed by atoms with Gasteiger partial charge in [-0.1, -0.05) is 6.92 Å². The Hall–Kier alpha value is -1.49. The summed E-state index contributed by atoms with van der Waals surface area (Å²) in [6.07, 6.45) is 4.17. The number of rotatable bonds is 2. The summed E-state index contributed by atoms with van der Waals surface area (Å²) in [4.78, 5) is 8.21. The third-order valence-electron chi connectivity index (χ3n) is 2.03. The van der Waals surface area contributed by atoms with Gasteiger partial charge in [0.1, 0.15) is 11.6 Å². The molecule has 78 valence electrons. The maximum Gasteiger partial charge on any atom is 0.229 e. The number of halogens is 1. The molecule has 0 fully saturated rings.